The van der Waals surface area contributed by atoms with Gasteiger partial charge in [-0.3, -0.25) is 4.90 Å². The molecule has 1 fully saturated rings. The van der Waals surface area contributed by atoms with Crippen molar-refractivity contribution in [2.24, 2.45) is 5.92 Å². The van der Waals surface area contributed by atoms with Gasteiger partial charge in [-0.25, -0.2) is 0 Å². The summed E-state index contributed by atoms with van der Waals surface area (Å²) in [5.41, 5.74) is 2.66. The Balaban J connectivity index is 1.54. The van der Waals surface area contributed by atoms with E-state index in [1.165, 1.54) is 17.7 Å². The standard InChI is InChI=1S/C20H27N5S/c1-3-17-18(12-21)20(24-23-19(17)4-2)22-13-15-7-9-25(10-8-15)14-16-6-5-11-26-16/h5-6,11,15H,3-4,7-10,13-14H2,1-2H3,(H,22,24). The molecule has 1 aliphatic heterocycles. The van der Waals surface area contributed by atoms with Gasteiger partial charge < -0.3 is 5.32 Å². The number of hydrogen-bond acceptors (Lipinski definition) is 6. The van der Waals surface area contributed by atoms with E-state index in [1.807, 2.05) is 11.3 Å². The monoisotopic (exact) mass is 369 g/mol. The minimum absolute atomic E-state index is 0.624. The van der Waals surface area contributed by atoms with Crippen LogP contribution in [0.25, 0.3) is 0 Å². The van der Waals surface area contributed by atoms with Crippen molar-refractivity contribution in [1.82, 2.24) is 15.1 Å². The van der Waals surface area contributed by atoms with Gasteiger partial charge in [0.05, 0.1) is 5.69 Å². The zero-order valence-corrected chi connectivity index (χ0v) is 16.5. The molecule has 0 saturated carbocycles. The third-order valence-electron chi connectivity index (χ3n) is 5.18. The van der Waals surface area contributed by atoms with Gasteiger partial charge in [0.2, 0.25) is 0 Å². The molecule has 3 rings (SSSR count). The van der Waals surface area contributed by atoms with Crippen LogP contribution in [0.2, 0.25) is 0 Å². The number of anilines is 1. The van der Waals surface area contributed by atoms with Gasteiger partial charge in [0.15, 0.2) is 5.82 Å². The first-order valence-electron chi connectivity index (χ1n) is 9.52. The highest BCUT2D eigenvalue weighted by atomic mass is 32.1. The fraction of sp³-hybridized carbons (Fsp3) is 0.550. The van der Waals surface area contributed by atoms with Crippen LogP contribution in [0.4, 0.5) is 5.82 Å². The molecule has 5 nitrogen and oxygen atoms in total. The summed E-state index contributed by atoms with van der Waals surface area (Å²) >= 11 is 1.84. The average molecular weight is 370 g/mol. The van der Waals surface area contributed by atoms with Crippen LogP contribution in [0.5, 0.6) is 0 Å². The summed E-state index contributed by atoms with van der Waals surface area (Å²) < 4.78 is 0. The van der Waals surface area contributed by atoms with Crippen LogP contribution < -0.4 is 5.32 Å². The maximum Gasteiger partial charge on any atom is 0.166 e. The van der Waals surface area contributed by atoms with Crippen molar-refractivity contribution >= 4 is 17.2 Å². The molecule has 1 aliphatic rings. The van der Waals surface area contributed by atoms with Gasteiger partial charge in [-0.05, 0) is 61.7 Å². The lowest BCUT2D eigenvalue weighted by Gasteiger charge is -2.31. The van der Waals surface area contributed by atoms with Gasteiger partial charge in [-0.1, -0.05) is 19.9 Å². The van der Waals surface area contributed by atoms with Gasteiger partial charge >= 0.3 is 0 Å². The van der Waals surface area contributed by atoms with E-state index in [2.05, 4.69) is 57.8 Å². The third-order valence-corrected chi connectivity index (χ3v) is 6.04. The summed E-state index contributed by atoms with van der Waals surface area (Å²) in [4.78, 5) is 3.98. The Labute approximate surface area is 160 Å². The fourth-order valence-electron chi connectivity index (χ4n) is 3.63. The Bertz CT molecular complexity index is 742. The van der Waals surface area contributed by atoms with Crippen LogP contribution >= 0.6 is 11.3 Å². The topological polar surface area (TPSA) is 64.8 Å². The van der Waals surface area contributed by atoms with E-state index in [0.717, 1.165) is 50.3 Å². The molecule has 1 saturated heterocycles. The normalized spacial score (nSPS) is 15.7. The van der Waals surface area contributed by atoms with E-state index >= 15 is 0 Å². The maximum atomic E-state index is 9.58. The van der Waals surface area contributed by atoms with E-state index < -0.39 is 0 Å². The lowest BCUT2D eigenvalue weighted by molar-refractivity contribution is 0.183. The lowest BCUT2D eigenvalue weighted by atomic mass is 9.96. The second-order valence-corrected chi connectivity index (χ2v) is 7.88. The summed E-state index contributed by atoms with van der Waals surface area (Å²) in [6.45, 7) is 8.34. The minimum Gasteiger partial charge on any atom is -0.367 e. The molecule has 0 amide bonds. The third kappa shape index (κ3) is 4.40. The summed E-state index contributed by atoms with van der Waals surface area (Å²) in [6, 6.07) is 6.68. The summed E-state index contributed by atoms with van der Waals surface area (Å²) in [7, 11) is 0. The summed E-state index contributed by atoms with van der Waals surface area (Å²) in [5, 5.41) is 23.7. The second-order valence-electron chi connectivity index (χ2n) is 6.85. The molecule has 0 spiro atoms. The molecule has 1 N–H and O–H groups in total. The molecule has 0 aromatic carbocycles. The molecule has 2 aromatic rings. The van der Waals surface area contributed by atoms with Crippen LogP contribution in [0, 0.1) is 17.2 Å². The number of likely N-dealkylation sites (tertiary alicyclic amines) is 1. The van der Waals surface area contributed by atoms with E-state index in [4.69, 9.17) is 0 Å². The predicted octanol–water partition coefficient (Wildman–Crippen LogP) is 3.86. The van der Waals surface area contributed by atoms with Crippen LogP contribution in [-0.4, -0.2) is 34.7 Å². The number of nitrogens with zero attached hydrogens (tertiary/aromatic N) is 4. The van der Waals surface area contributed by atoms with Gasteiger partial charge in [-0.15, -0.1) is 16.4 Å². The Kier molecular flexibility index (Phi) is 6.59. The predicted molar refractivity (Wildman–Crippen MR) is 106 cm³/mol. The number of rotatable bonds is 7. The van der Waals surface area contributed by atoms with Crippen LogP contribution in [0.3, 0.4) is 0 Å². The van der Waals surface area contributed by atoms with Crippen molar-refractivity contribution in [2.45, 2.75) is 46.1 Å². The van der Waals surface area contributed by atoms with Crippen LogP contribution in [0.1, 0.15) is 48.4 Å². The molecular formula is C20H27N5S. The number of nitriles is 1. The first kappa shape index (κ1) is 18.8. The van der Waals surface area contributed by atoms with Gasteiger partial charge in [0, 0.05) is 18.0 Å². The van der Waals surface area contributed by atoms with Gasteiger partial charge in [0.1, 0.15) is 11.6 Å². The van der Waals surface area contributed by atoms with Crippen molar-refractivity contribution in [3.05, 3.63) is 39.2 Å². The van der Waals surface area contributed by atoms with Gasteiger partial charge in [-0.2, -0.15) is 10.4 Å². The highest BCUT2D eigenvalue weighted by Gasteiger charge is 2.21. The quantitative estimate of drug-likeness (QED) is 0.803. The van der Waals surface area contributed by atoms with Crippen molar-refractivity contribution in [2.75, 3.05) is 25.0 Å². The summed E-state index contributed by atoms with van der Waals surface area (Å²) in [6.07, 6.45) is 3.99. The SMILES string of the molecule is CCc1nnc(NCC2CCN(Cc3cccs3)CC2)c(C#N)c1CC. The van der Waals surface area contributed by atoms with E-state index in [-0.39, 0.29) is 0 Å². The first-order chi connectivity index (χ1) is 12.7. The van der Waals surface area contributed by atoms with Crippen LogP contribution in [0.15, 0.2) is 17.5 Å². The lowest BCUT2D eigenvalue weighted by Crippen LogP contribution is -2.35. The second kappa shape index (κ2) is 9.11. The van der Waals surface area contributed by atoms with E-state index in [1.54, 1.807) is 0 Å². The van der Waals surface area contributed by atoms with Gasteiger partial charge in [0.25, 0.3) is 0 Å². The Morgan fingerprint density at radius 2 is 2.08 bits per heavy atom. The Morgan fingerprint density at radius 1 is 1.27 bits per heavy atom. The molecule has 0 unspecified atom stereocenters. The molecule has 6 heteroatoms. The van der Waals surface area contributed by atoms with Crippen molar-refractivity contribution < 1.29 is 0 Å². The largest absolute Gasteiger partial charge is 0.367 e. The first-order valence-corrected chi connectivity index (χ1v) is 10.4. The molecule has 0 radical (unpaired) electrons. The summed E-state index contributed by atoms with van der Waals surface area (Å²) in [5.74, 6) is 1.28. The van der Waals surface area contributed by atoms with Crippen molar-refractivity contribution in [3.63, 3.8) is 0 Å². The number of aryl methyl sites for hydroxylation is 1. The Morgan fingerprint density at radius 3 is 2.69 bits per heavy atom. The van der Waals surface area contributed by atoms with E-state index in [9.17, 15) is 5.26 Å². The number of thiophene rings is 1. The van der Waals surface area contributed by atoms with E-state index in [0.29, 0.717) is 17.3 Å². The van der Waals surface area contributed by atoms with Crippen molar-refractivity contribution in [3.8, 4) is 6.07 Å². The molecule has 26 heavy (non-hydrogen) atoms. The molecule has 2 aromatic heterocycles. The maximum absolute atomic E-state index is 9.58. The molecular weight excluding hydrogens is 342 g/mol. The van der Waals surface area contributed by atoms with Crippen molar-refractivity contribution in [1.29, 1.82) is 5.26 Å². The zero-order valence-electron chi connectivity index (χ0n) is 15.7. The minimum atomic E-state index is 0.624. The highest BCUT2D eigenvalue weighted by Crippen LogP contribution is 2.23. The molecule has 138 valence electrons. The Hall–Kier alpha value is -1.97. The molecule has 0 bridgehead atoms. The fourth-order valence-corrected chi connectivity index (χ4v) is 4.38. The zero-order chi connectivity index (χ0) is 18.4. The van der Waals surface area contributed by atoms with Crippen LogP contribution in [-0.2, 0) is 19.4 Å². The number of nitrogens with one attached hydrogen (secondary N) is 1. The number of hydrogen-bond donors (Lipinski definition) is 1. The smallest absolute Gasteiger partial charge is 0.166 e. The molecule has 0 atom stereocenters. The number of aromatic nitrogens is 2. The highest BCUT2D eigenvalue weighted by molar-refractivity contribution is 7.09. The average Bonchev–Trinajstić information content (AvgIpc) is 3.19. The number of piperidine rings is 1. The molecule has 0 aliphatic carbocycles. The molecule has 3 heterocycles.